The average molecular weight is 617 g/mol. The third kappa shape index (κ3) is 7.03. The maximum absolute atomic E-state index is 13.3. The van der Waals surface area contributed by atoms with Crippen LogP contribution in [0, 0.1) is 13.8 Å². The number of anilines is 1. The van der Waals surface area contributed by atoms with Crippen molar-refractivity contribution in [3.05, 3.63) is 69.6 Å². The van der Waals surface area contributed by atoms with Crippen molar-refractivity contribution in [2.24, 2.45) is 0 Å². The Morgan fingerprint density at radius 1 is 1.12 bits per heavy atom. The maximum Gasteiger partial charge on any atom is 0.331 e. The molecular formula is C30H37ClN4O6S. The van der Waals surface area contributed by atoms with Crippen LogP contribution in [-0.4, -0.2) is 68.2 Å². The van der Waals surface area contributed by atoms with Crippen molar-refractivity contribution in [3.63, 3.8) is 0 Å². The Bertz CT molecular complexity index is 1600. The zero-order chi connectivity index (χ0) is 29.9. The van der Waals surface area contributed by atoms with Crippen molar-refractivity contribution in [1.82, 2.24) is 10.3 Å². The number of carboxylic acids is 1. The number of hydrogen-bond acceptors (Lipinski definition) is 5. The molecule has 0 spiro atoms. The molecule has 10 nitrogen and oxygen atoms in total. The molecule has 42 heavy (non-hydrogen) atoms. The summed E-state index contributed by atoms with van der Waals surface area (Å²) in [5.41, 5.74) is 4.64. The Labute approximate surface area is 252 Å². The van der Waals surface area contributed by atoms with Crippen LogP contribution in [0.1, 0.15) is 59.6 Å². The fraction of sp³-hybridized carbons (Fsp3) is 0.367. The van der Waals surface area contributed by atoms with Crippen molar-refractivity contribution >= 4 is 45.0 Å². The lowest BCUT2D eigenvalue weighted by atomic mass is 10.00. The minimum absolute atomic E-state index is 0. The van der Waals surface area contributed by atoms with E-state index in [2.05, 4.69) is 29.5 Å². The van der Waals surface area contributed by atoms with Gasteiger partial charge in [-0.3, -0.25) is 9.59 Å². The molecule has 0 unspecified atom stereocenters. The Balaban J connectivity index is 0.00000484. The summed E-state index contributed by atoms with van der Waals surface area (Å²) < 4.78 is 26.5. The molecule has 4 rings (SSSR count). The first-order valence-corrected chi connectivity index (χ1v) is 15.4. The SMILES string of the molecule is CC[NH+](CC)CCNC(=O)c1c(C)[nH]c(/C=C2\C(=O)Nc3ccc(S(=O)(=O)CC4=CC=C(C(=O)O)CC4)cc32)c1C.[Cl-]. The minimum atomic E-state index is -3.75. The number of H-pyrrole nitrogens is 1. The van der Waals surface area contributed by atoms with E-state index in [-0.39, 0.29) is 46.9 Å². The molecule has 0 saturated carbocycles. The Kier molecular flexibility index (Phi) is 10.6. The number of carbonyl (C=O) groups is 3. The van der Waals surface area contributed by atoms with E-state index in [1.807, 2.05) is 6.92 Å². The molecule has 0 radical (unpaired) electrons. The van der Waals surface area contributed by atoms with E-state index in [4.69, 9.17) is 5.11 Å². The van der Waals surface area contributed by atoms with E-state index in [9.17, 15) is 22.8 Å². The van der Waals surface area contributed by atoms with Crippen LogP contribution >= 0.6 is 0 Å². The molecule has 226 valence electrons. The number of amides is 2. The van der Waals surface area contributed by atoms with Crippen LogP contribution in [0.3, 0.4) is 0 Å². The monoisotopic (exact) mass is 616 g/mol. The smallest absolute Gasteiger partial charge is 0.331 e. The molecule has 2 aromatic rings. The quantitative estimate of drug-likeness (QED) is 0.211. The van der Waals surface area contributed by atoms with Gasteiger partial charge in [0.2, 0.25) is 0 Å². The van der Waals surface area contributed by atoms with E-state index < -0.39 is 15.8 Å². The molecule has 5 N–H and O–H groups in total. The summed E-state index contributed by atoms with van der Waals surface area (Å²) in [5.74, 6) is -1.79. The van der Waals surface area contributed by atoms with E-state index in [0.29, 0.717) is 57.9 Å². The van der Waals surface area contributed by atoms with Gasteiger partial charge in [-0.2, -0.15) is 0 Å². The van der Waals surface area contributed by atoms with Crippen molar-refractivity contribution < 1.29 is 45.2 Å². The van der Waals surface area contributed by atoms with Gasteiger partial charge >= 0.3 is 5.97 Å². The second-order valence-electron chi connectivity index (χ2n) is 10.4. The molecule has 2 amide bonds. The number of carbonyl (C=O) groups excluding carboxylic acids is 2. The normalized spacial score (nSPS) is 15.5. The van der Waals surface area contributed by atoms with Crippen LogP contribution in [0.2, 0.25) is 0 Å². The molecule has 0 atom stereocenters. The van der Waals surface area contributed by atoms with Crippen molar-refractivity contribution in [1.29, 1.82) is 0 Å². The molecule has 0 saturated heterocycles. The van der Waals surface area contributed by atoms with Gasteiger partial charge in [0.05, 0.1) is 48.0 Å². The number of aromatic amines is 1. The molecule has 1 aromatic heterocycles. The van der Waals surface area contributed by atoms with Gasteiger partial charge in [0.15, 0.2) is 9.84 Å². The van der Waals surface area contributed by atoms with E-state index in [0.717, 1.165) is 19.6 Å². The highest BCUT2D eigenvalue weighted by atomic mass is 35.5. The Hall–Kier alpha value is -3.67. The number of allylic oxidation sites excluding steroid dienone is 2. The topological polar surface area (TPSA) is 150 Å². The Morgan fingerprint density at radius 2 is 1.83 bits per heavy atom. The predicted molar refractivity (Wildman–Crippen MR) is 158 cm³/mol. The number of hydrogen-bond donors (Lipinski definition) is 5. The largest absolute Gasteiger partial charge is 1.00 e. The van der Waals surface area contributed by atoms with Crippen LogP contribution in [0.5, 0.6) is 0 Å². The van der Waals surface area contributed by atoms with E-state index in [1.54, 1.807) is 25.1 Å². The number of aliphatic carboxylic acids is 1. The lowest BCUT2D eigenvalue weighted by Crippen LogP contribution is -3.12. The standard InChI is InChI=1S/C30H36N4O6S.ClH/c1-5-34(6-2)14-13-31-29(36)27-18(3)26(32-19(27)4)16-24-23-15-22(11-12-25(23)33-28(24)35)41(39,40)17-20-7-9-21(10-8-20)30(37)38;/h7,9,11-12,15-16,32H,5-6,8,10,13-14,17H2,1-4H3,(H,31,36)(H,33,35)(H,37,38);1H/b24-16-;. The molecule has 1 aromatic carbocycles. The highest BCUT2D eigenvalue weighted by molar-refractivity contribution is 7.91. The maximum atomic E-state index is 13.3. The number of benzene rings is 1. The summed E-state index contributed by atoms with van der Waals surface area (Å²) in [6.07, 6.45) is 5.29. The lowest BCUT2D eigenvalue weighted by Gasteiger charge is -2.15. The van der Waals surface area contributed by atoms with E-state index >= 15 is 0 Å². The highest BCUT2D eigenvalue weighted by Gasteiger charge is 2.28. The van der Waals surface area contributed by atoms with Crippen LogP contribution < -0.4 is 27.9 Å². The number of aromatic nitrogens is 1. The highest BCUT2D eigenvalue weighted by Crippen LogP contribution is 2.36. The first-order chi connectivity index (χ1) is 19.4. The number of rotatable bonds is 11. The van der Waals surface area contributed by atoms with Crippen molar-refractivity contribution in [2.75, 3.05) is 37.2 Å². The summed E-state index contributed by atoms with van der Waals surface area (Å²) in [7, 11) is -3.75. The summed E-state index contributed by atoms with van der Waals surface area (Å²) in [6.45, 7) is 11.2. The average Bonchev–Trinajstić information content (AvgIpc) is 3.40. The van der Waals surface area contributed by atoms with Gasteiger partial charge in [-0.05, 0) is 70.4 Å². The molecule has 12 heteroatoms. The number of aryl methyl sites for hydroxylation is 1. The third-order valence-electron chi connectivity index (χ3n) is 7.77. The van der Waals surface area contributed by atoms with Crippen molar-refractivity contribution in [2.45, 2.75) is 45.4 Å². The molecule has 2 aliphatic rings. The molecule has 0 bridgehead atoms. The predicted octanol–water partition coefficient (Wildman–Crippen LogP) is -0.712. The molecule has 1 aliphatic carbocycles. The van der Waals surface area contributed by atoms with Gasteiger partial charge in [-0.15, -0.1) is 0 Å². The molecule has 0 fully saturated rings. The second kappa shape index (κ2) is 13.5. The number of carboxylic acid groups (broad SMARTS) is 1. The fourth-order valence-electron chi connectivity index (χ4n) is 5.26. The number of fused-ring (bicyclic) bond motifs is 1. The summed E-state index contributed by atoms with van der Waals surface area (Å²) in [4.78, 5) is 41.7. The fourth-order valence-corrected chi connectivity index (χ4v) is 6.73. The van der Waals surface area contributed by atoms with Crippen LogP contribution in [0.4, 0.5) is 5.69 Å². The first-order valence-electron chi connectivity index (χ1n) is 13.8. The number of nitrogens with one attached hydrogen (secondary N) is 4. The first kappa shape index (κ1) is 32.8. The van der Waals surface area contributed by atoms with Gasteiger partial charge in [0, 0.05) is 28.2 Å². The van der Waals surface area contributed by atoms with Gasteiger partial charge in [-0.1, -0.05) is 17.7 Å². The number of sulfone groups is 1. The van der Waals surface area contributed by atoms with Gasteiger partial charge in [-0.25, -0.2) is 13.2 Å². The van der Waals surface area contributed by atoms with Gasteiger partial charge in [0.25, 0.3) is 11.8 Å². The number of quaternary nitrogens is 1. The number of halogens is 1. The minimum Gasteiger partial charge on any atom is -1.00 e. The summed E-state index contributed by atoms with van der Waals surface area (Å²) in [6, 6.07) is 4.53. The van der Waals surface area contributed by atoms with E-state index in [1.165, 1.54) is 23.1 Å². The zero-order valence-corrected chi connectivity index (χ0v) is 25.8. The molecular weight excluding hydrogens is 580 g/mol. The van der Waals surface area contributed by atoms with Gasteiger partial charge < -0.3 is 38.0 Å². The van der Waals surface area contributed by atoms with Crippen LogP contribution in [-0.2, 0) is 19.4 Å². The molecule has 2 heterocycles. The number of likely N-dealkylation sites (N-methyl/N-ethyl adjacent to an activating group) is 1. The van der Waals surface area contributed by atoms with Crippen LogP contribution in [0.25, 0.3) is 11.6 Å². The summed E-state index contributed by atoms with van der Waals surface area (Å²) in [5, 5.41) is 14.9. The van der Waals surface area contributed by atoms with Gasteiger partial charge in [0.1, 0.15) is 0 Å². The lowest BCUT2D eigenvalue weighted by molar-refractivity contribution is -0.895. The summed E-state index contributed by atoms with van der Waals surface area (Å²) >= 11 is 0. The second-order valence-corrected chi connectivity index (χ2v) is 12.4. The van der Waals surface area contributed by atoms with Crippen molar-refractivity contribution in [3.8, 4) is 0 Å². The molecule has 1 aliphatic heterocycles. The third-order valence-corrected chi connectivity index (χ3v) is 9.50. The Morgan fingerprint density at radius 3 is 2.45 bits per heavy atom. The zero-order valence-electron chi connectivity index (χ0n) is 24.2. The van der Waals surface area contributed by atoms with Crippen LogP contribution in [0.15, 0.2) is 46.4 Å².